The monoisotopic (exact) mass is 440 g/mol. The fourth-order valence-corrected chi connectivity index (χ4v) is 4.29. The Morgan fingerprint density at radius 2 is 1.76 bits per heavy atom. The van der Waals surface area contributed by atoms with Gasteiger partial charge in [0, 0.05) is 41.2 Å². The Labute approximate surface area is 190 Å². The van der Waals surface area contributed by atoms with Gasteiger partial charge in [-0.05, 0) is 41.3 Å². The molecule has 0 atom stereocenters. The summed E-state index contributed by atoms with van der Waals surface area (Å²) in [5, 5.41) is 18.8. The third-order valence-corrected chi connectivity index (χ3v) is 5.86. The maximum Gasteiger partial charge on any atom is 0.336 e. The van der Waals surface area contributed by atoms with Crippen molar-refractivity contribution in [1.29, 1.82) is 5.41 Å². The summed E-state index contributed by atoms with van der Waals surface area (Å²) in [4.78, 5) is 24.7. The van der Waals surface area contributed by atoms with Crippen molar-refractivity contribution in [2.45, 2.75) is 19.9 Å². The Morgan fingerprint density at radius 1 is 1.03 bits per heavy atom. The van der Waals surface area contributed by atoms with E-state index in [2.05, 4.69) is 0 Å². The highest BCUT2D eigenvalue weighted by atomic mass is 16.4. The van der Waals surface area contributed by atoms with Gasteiger partial charge in [0.1, 0.15) is 5.84 Å². The van der Waals surface area contributed by atoms with E-state index in [4.69, 9.17) is 16.9 Å². The number of aryl methyl sites for hydroxylation is 1. The first-order valence-electron chi connectivity index (χ1n) is 10.5. The quantitative estimate of drug-likeness (QED) is 0.255. The van der Waals surface area contributed by atoms with Gasteiger partial charge in [0.2, 0.25) is 5.91 Å². The van der Waals surface area contributed by atoms with Crippen LogP contribution in [0.2, 0.25) is 0 Å². The van der Waals surface area contributed by atoms with E-state index in [0.29, 0.717) is 23.2 Å². The van der Waals surface area contributed by atoms with E-state index in [1.807, 2.05) is 60.2 Å². The maximum atomic E-state index is 12.4. The van der Waals surface area contributed by atoms with Gasteiger partial charge in [-0.3, -0.25) is 10.2 Å². The average Bonchev–Trinajstić information content (AvgIpc) is 3.15. The second kappa shape index (κ2) is 8.63. The number of hydrogen-bond acceptors (Lipinski definition) is 3. The number of nitrogens with zero attached hydrogens (tertiary/aromatic N) is 1. The molecule has 0 saturated heterocycles. The number of nitrogens with two attached hydrogens (primary N) is 2. The molecule has 0 fully saturated rings. The van der Waals surface area contributed by atoms with Crippen LogP contribution in [0.3, 0.4) is 0 Å². The normalized spacial score (nSPS) is 10.9. The number of nitrogens with one attached hydrogen (secondary N) is 1. The van der Waals surface area contributed by atoms with Crippen molar-refractivity contribution in [2.75, 3.05) is 0 Å². The van der Waals surface area contributed by atoms with Crippen LogP contribution in [-0.4, -0.2) is 27.4 Å². The van der Waals surface area contributed by atoms with E-state index >= 15 is 0 Å². The molecule has 1 heterocycles. The fraction of sp³-hybridized carbons (Fsp3) is 0.115. The van der Waals surface area contributed by atoms with E-state index in [1.165, 1.54) is 0 Å². The van der Waals surface area contributed by atoms with Crippen molar-refractivity contribution >= 4 is 28.6 Å². The van der Waals surface area contributed by atoms with Gasteiger partial charge in [-0.15, -0.1) is 0 Å². The minimum Gasteiger partial charge on any atom is -0.478 e. The summed E-state index contributed by atoms with van der Waals surface area (Å²) < 4.78 is 2.02. The second-order valence-electron chi connectivity index (χ2n) is 7.81. The van der Waals surface area contributed by atoms with Gasteiger partial charge < -0.3 is 21.1 Å². The van der Waals surface area contributed by atoms with Crippen LogP contribution >= 0.6 is 0 Å². The molecule has 0 spiro atoms. The van der Waals surface area contributed by atoms with Gasteiger partial charge in [-0.25, -0.2) is 4.79 Å². The number of benzene rings is 3. The van der Waals surface area contributed by atoms with Crippen molar-refractivity contribution in [3.05, 3.63) is 94.7 Å². The molecule has 0 bridgehead atoms. The van der Waals surface area contributed by atoms with Gasteiger partial charge in [-0.1, -0.05) is 48.5 Å². The number of rotatable bonds is 7. The molecular formula is C26H24N4O3. The predicted octanol–water partition coefficient (Wildman–Crippen LogP) is 4.00. The smallest absolute Gasteiger partial charge is 0.336 e. The molecule has 166 valence electrons. The van der Waals surface area contributed by atoms with Gasteiger partial charge >= 0.3 is 5.97 Å². The highest BCUT2D eigenvalue weighted by molar-refractivity contribution is 6.04. The SMILES string of the molecule is CCn1cc(Cc2c(C(N)=O)ccc(-c3ccccc3)c2C(=O)O)c2ccc(C(=N)N)cc21. The summed E-state index contributed by atoms with van der Waals surface area (Å²) in [6.07, 6.45) is 2.16. The highest BCUT2D eigenvalue weighted by Crippen LogP contribution is 2.33. The topological polar surface area (TPSA) is 135 Å². The molecule has 4 aromatic rings. The minimum atomic E-state index is -1.12. The lowest BCUT2D eigenvalue weighted by Gasteiger charge is -2.15. The van der Waals surface area contributed by atoms with Crippen LogP contribution in [0.1, 0.15) is 44.3 Å². The van der Waals surface area contributed by atoms with Crippen molar-refractivity contribution in [2.24, 2.45) is 11.5 Å². The summed E-state index contributed by atoms with van der Waals surface area (Å²) in [6, 6.07) is 17.9. The Bertz CT molecular complexity index is 1400. The van der Waals surface area contributed by atoms with Crippen LogP contribution in [-0.2, 0) is 13.0 Å². The molecule has 1 aromatic heterocycles. The van der Waals surface area contributed by atoms with Crippen molar-refractivity contribution in [3.8, 4) is 11.1 Å². The summed E-state index contributed by atoms with van der Waals surface area (Å²) in [6.45, 7) is 2.67. The molecule has 7 heteroatoms. The molecule has 1 amide bonds. The van der Waals surface area contributed by atoms with E-state index in [-0.39, 0.29) is 23.4 Å². The van der Waals surface area contributed by atoms with Crippen molar-refractivity contribution < 1.29 is 14.7 Å². The molecule has 0 aliphatic carbocycles. The van der Waals surface area contributed by atoms with E-state index in [1.54, 1.807) is 18.2 Å². The van der Waals surface area contributed by atoms with Gasteiger partial charge in [0.25, 0.3) is 0 Å². The number of aromatic nitrogens is 1. The number of amides is 1. The first kappa shape index (κ1) is 21.8. The summed E-state index contributed by atoms with van der Waals surface area (Å²) in [5.41, 5.74) is 15.6. The second-order valence-corrected chi connectivity index (χ2v) is 7.81. The molecule has 4 rings (SSSR count). The number of carbonyl (C=O) groups is 2. The number of aromatic carboxylic acids is 1. The Morgan fingerprint density at radius 3 is 2.36 bits per heavy atom. The summed E-state index contributed by atoms with van der Waals surface area (Å²) >= 11 is 0. The van der Waals surface area contributed by atoms with Crippen LogP contribution in [0.15, 0.2) is 66.9 Å². The number of amidine groups is 1. The van der Waals surface area contributed by atoms with E-state index < -0.39 is 11.9 Å². The highest BCUT2D eigenvalue weighted by Gasteiger charge is 2.24. The average molecular weight is 441 g/mol. The van der Waals surface area contributed by atoms with Crippen LogP contribution in [0.5, 0.6) is 0 Å². The Hall–Kier alpha value is -4.39. The van der Waals surface area contributed by atoms with Gasteiger partial charge in [-0.2, -0.15) is 0 Å². The summed E-state index contributed by atoms with van der Waals surface area (Å²) in [5.74, 6) is -1.82. The molecule has 33 heavy (non-hydrogen) atoms. The number of fused-ring (bicyclic) bond motifs is 1. The van der Waals surface area contributed by atoms with E-state index in [0.717, 1.165) is 22.0 Å². The first-order valence-corrected chi connectivity index (χ1v) is 10.5. The fourth-order valence-electron chi connectivity index (χ4n) is 4.29. The van der Waals surface area contributed by atoms with Crippen LogP contribution in [0.25, 0.3) is 22.0 Å². The largest absolute Gasteiger partial charge is 0.478 e. The summed E-state index contributed by atoms with van der Waals surface area (Å²) in [7, 11) is 0. The van der Waals surface area contributed by atoms with Crippen LogP contribution < -0.4 is 11.5 Å². The molecule has 0 aliphatic heterocycles. The third kappa shape index (κ3) is 3.96. The zero-order chi connectivity index (χ0) is 23.7. The van der Waals surface area contributed by atoms with Gasteiger partial charge in [0.05, 0.1) is 5.56 Å². The Kier molecular flexibility index (Phi) is 5.70. The minimum absolute atomic E-state index is 0.0259. The zero-order valence-electron chi connectivity index (χ0n) is 18.1. The first-order chi connectivity index (χ1) is 15.8. The lowest BCUT2D eigenvalue weighted by Crippen LogP contribution is -2.18. The number of hydrogen-bond donors (Lipinski definition) is 4. The molecule has 3 aromatic carbocycles. The number of nitrogen functional groups attached to an aromatic ring is 1. The van der Waals surface area contributed by atoms with Gasteiger partial charge in [0.15, 0.2) is 0 Å². The van der Waals surface area contributed by atoms with Crippen LogP contribution in [0, 0.1) is 5.41 Å². The molecular weight excluding hydrogens is 416 g/mol. The molecule has 6 N–H and O–H groups in total. The maximum absolute atomic E-state index is 12.4. The van der Waals surface area contributed by atoms with Crippen molar-refractivity contribution in [3.63, 3.8) is 0 Å². The van der Waals surface area contributed by atoms with Crippen molar-refractivity contribution in [1.82, 2.24) is 4.57 Å². The predicted molar refractivity (Wildman–Crippen MR) is 129 cm³/mol. The number of carboxylic acid groups (broad SMARTS) is 1. The molecule has 0 unspecified atom stereocenters. The standard InChI is InChI=1S/C26H24N4O3/c1-2-30-14-17(18-9-8-16(24(27)28)13-22(18)30)12-21-20(25(29)31)11-10-19(23(21)26(32)33)15-6-4-3-5-7-15/h3-11,13-14H,2,12H2,1H3,(H3,27,28)(H2,29,31)(H,32,33). The molecule has 0 aliphatic rings. The number of primary amides is 1. The number of carbonyl (C=O) groups excluding carboxylic acids is 1. The molecule has 0 radical (unpaired) electrons. The lowest BCUT2D eigenvalue weighted by molar-refractivity contribution is 0.0696. The Balaban J connectivity index is 1.96. The van der Waals surface area contributed by atoms with Crippen LogP contribution in [0.4, 0.5) is 0 Å². The molecule has 0 saturated carbocycles. The zero-order valence-corrected chi connectivity index (χ0v) is 18.1. The molecule has 7 nitrogen and oxygen atoms in total. The third-order valence-electron chi connectivity index (χ3n) is 5.86. The number of carboxylic acids is 1. The lowest BCUT2D eigenvalue weighted by atomic mass is 9.88. The van der Waals surface area contributed by atoms with E-state index in [9.17, 15) is 14.7 Å².